The third-order valence-corrected chi connectivity index (χ3v) is 3.60. The zero-order valence-electron chi connectivity index (χ0n) is 11.4. The zero-order chi connectivity index (χ0) is 14.5. The second-order valence-corrected chi connectivity index (χ2v) is 5.22. The van der Waals surface area contributed by atoms with Gasteiger partial charge in [0.05, 0.1) is 6.54 Å². The topological polar surface area (TPSA) is 98.8 Å². The number of hydrogen-bond donors (Lipinski definition) is 4. The second-order valence-electron chi connectivity index (χ2n) is 5.22. The summed E-state index contributed by atoms with van der Waals surface area (Å²) in [6.45, 7) is 2.70. The first kappa shape index (κ1) is 14.6. The molecule has 0 aliphatic carbocycles. The van der Waals surface area contributed by atoms with Gasteiger partial charge in [0, 0.05) is 25.7 Å². The molecular formula is C14H21N3O3. The number of nitrogens with two attached hydrogens (primary N) is 1. The highest BCUT2D eigenvalue weighted by Crippen LogP contribution is 2.24. The minimum atomic E-state index is -0.282. The molecule has 0 bridgehead atoms. The number of hydrogen-bond acceptors (Lipinski definition) is 5. The normalized spacial score (nSPS) is 17.2. The number of carbonyl (C=O) groups is 1. The van der Waals surface area contributed by atoms with Gasteiger partial charge in [0.2, 0.25) is 5.91 Å². The predicted octanol–water partition coefficient (Wildman–Crippen LogP) is 0.137. The Morgan fingerprint density at radius 3 is 2.60 bits per heavy atom. The molecule has 1 aromatic rings. The maximum Gasteiger partial charge on any atom is 0.231 e. The Labute approximate surface area is 118 Å². The summed E-state index contributed by atoms with van der Waals surface area (Å²) in [4.78, 5) is 12.9. The van der Waals surface area contributed by atoms with Crippen LogP contribution in [0.2, 0.25) is 0 Å². The fourth-order valence-electron chi connectivity index (χ4n) is 2.46. The lowest BCUT2D eigenvalue weighted by molar-refractivity contribution is -0.119. The first-order valence-electron chi connectivity index (χ1n) is 6.79. The molecule has 1 aliphatic rings. The highest BCUT2D eigenvalue weighted by molar-refractivity contribution is 5.75. The van der Waals surface area contributed by atoms with E-state index >= 15 is 0 Å². The number of nitrogens with one attached hydrogen (secondary N) is 1. The number of nitrogens with zero attached hydrogens (tertiary/aromatic N) is 1. The van der Waals surface area contributed by atoms with Crippen molar-refractivity contribution in [3.8, 4) is 11.5 Å². The van der Waals surface area contributed by atoms with Crippen LogP contribution < -0.4 is 11.1 Å². The van der Waals surface area contributed by atoms with Crippen molar-refractivity contribution >= 4 is 5.91 Å². The quantitative estimate of drug-likeness (QED) is 0.575. The molecule has 5 N–H and O–H groups in total. The lowest BCUT2D eigenvalue weighted by atomic mass is 10.0. The number of piperidine rings is 1. The van der Waals surface area contributed by atoms with Crippen LogP contribution in [0.4, 0.5) is 0 Å². The van der Waals surface area contributed by atoms with Gasteiger partial charge < -0.3 is 21.3 Å². The molecule has 0 aromatic heterocycles. The van der Waals surface area contributed by atoms with Gasteiger partial charge in [-0.2, -0.15) is 0 Å². The van der Waals surface area contributed by atoms with E-state index < -0.39 is 0 Å². The fourth-order valence-corrected chi connectivity index (χ4v) is 2.46. The summed E-state index contributed by atoms with van der Waals surface area (Å²) in [7, 11) is 0. The van der Waals surface area contributed by atoms with Crippen molar-refractivity contribution in [2.24, 2.45) is 5.73 Å². The number of benzene rings is 1. The molecule has 20 heavy (non-hydrogen) atoms. The molecule has 6 heteroatoms. The van der Waals surface area contributed by atoms with Gasteiger partial charge in [0.1, 0.15) is 0 Å². The summed E-state index contributed by atoms with van der Waals surface area (Å²) in [5.74, 6) is -0.481. The van der Waals surface area contributed by atoms with Gasteiger partial charge in [-0.3, -0.25) is 9.69 Å². The Morgan fingerprint density at radius 1 is 1.30 bits per heavy atom. The smallest absolute Gasteiger partial charge is 0.231 e. The number of carbonyl (C=O) groups excluding carboxylic acids is 1. The highest BCUT2D eigenvalue weighted by Gasteiger charge is 2.19. The number of phenols is 2. The summed E-state index contributed by atoms with van der Waals surface area (Å²) in [6, 6.07) is 5.23. The van der Waals surface area contributed by atoms with Crippen LogP contribution in [0.5, 0.6) is 11.5 Å². The van der Waals surface area contributed by atoms with E-state index in [0.717, 1.165) is 31.5 Å². The predicted molar refractivity (Wildman–Crippen MR) is 75.3 cm³/mol. The monoisotopic (exact) mass is 279 g/mol. The Hall–Kier alpha value is -1.79. The number of rotatable bonds is 5. The number of likely N-dealkylation sites (tertiary alicyclic amines) is 1. The summed E-state index contributed by atoms with van der Waals surface area (Å²) >= 11 is 0. The van der Waals surface area contributed by atoms with Crippen LogP contribution in [-0.4, -0.2) is 46.7 Å². The van der Waals surface area contributed by atoms with Crippen LogP contribution in [0.15, 0.2) is 18.2 Å². The number of aromatic hydroxyl groups is 2. The van der Waals surface area contributed by atoms with E-state index in [4.69, 9.17) is 5.73 Å². The lowest BCUT2D eigenvalue weighted by Crippen LogP contribution is -2.45. The Kier molecular flexibility index (Phi) is 4.81. The molecule has 1 aliphatic heterocycles. The van der Waals surface area contributed by atoms with E-state index in [0.29, 0.717) is 19.1 Å². The molecule has 0 radical (unpaired) electrons. The minimum absolute atomic E-state index is 0.0967. The molecule has 0 spiro atoms. The van der Waals surface area contributed by atoms with E-state index in [-0.39, 0.29) is 17.4 Å². The summed E-state index contributed by atoms with van der Waals surface area (Å²) in [5, 5.41) is 22.1. The molecule has 1 fully saturated rings. The van der Waals surface area contributed by atoms with Crippen molar-refractivity contribution in [3.05, 3.63) is 23.8 Å². The van der Waals surface area contributed by atoms with Crippen molar-refractivity contribution in [1.29, 1.82) is 0 Å². The molecule has 0 unspecified atom stereocenters. The van der Waals surface area contributed by atoms with Crippen LogP contribution in [0.3, 0.4) is 0 Å². The molecule has 1 amide bonds. The molecule has 2 rings (SSSR count). The van der Waals surface area contributed by atoms with Gasteiger partial charge in [-0.25, -0.2) is 0 Å². The van der Waals surface area contributed by atoms with Gasteiger partial charge in [-0.05, 0) is 30.5 Å². The third-order valence-electron chi connectivity index (χ3n) is 3.60. The average molecular weight is 279 g/mol. The summed E-state index contributed by atoms with van der Waals surface area (Å²) in [6.07, 6.45) is 1.94. The van der Waals surface area contributed by atoms with Crippen molar-refractivity contribution in [2.45, 2.75) is 25.4 Å². The van der Waals surface area contributed by atoms with Crippen LogP contribution in [-0.2, 0) is 11.3 Å². The average Bonchev–Trinajstić information content (AvgIpc) is 2.41. The number of phenolic OH excluding ortho intramolecular Hbond substituents is 2. The van der Waals surface area contributed by atoms with Crippen LogP contribution in [0.25, 0.3) is 0 Å². The zero-order valence-corrected chi connectivity index (χ0v) is 11.4. The first-order chi connectivity index (χ1) is 9.54. The molecule has 0 atom stereocenters. The van der Waals surface area contributed by atoms with Crippen molar-refractivity contribution < 1.29 is 15.0 Å². The maximum atomic E-state index is 10.8. The number of primary amides is 1. The maximum absolute atomic E-state index is 10.8. The SMILES string of the molecule is NC(=O)CN1CCC(NCc2ccc(O)c(O)c2)CC1. The Balaban J connectivity index is 1.75. The molecule has 1 saturated heterocycles. The molecular weight excluding hydrogens is 258 g/mol. The standard InChI is InChI=1S/C14H21N3O3/c15-14(20)9-17-5-3-11(4-6-17)16-8-10-1-2-12(18)13(19)7-10/h1-2,7,11,16,18-19H,3-6,8-9H2,(H2,15,20). The van der Waals surface area contributed by atoms with E-state index in [1.165, 1.54) is 6.07 Å². The molecule has 1 heterocycles. The van der Waals surface area contributed by atoms with Crippen LogP contribution >= 0.6 is 0 Å². The van der Waals surface area contributed by atoms with Gasteiger partial charge >= 0.3 is 0 Å². The molecule has 1 aromatic carbocycles. The number of amides is 1. The van der Waals surface area contributed by atoms with Gasteiger partial charge in [0.15, 0.2) is 11.5 Å². The second kappa shape index (κ2) is 6.58. The van der Waals surface area contributed by atoms with Crippen molar-refractivity contribution in [1.82, 2.24) is 10.2 Å². The minimum Gasteiger partial charge on any atom is -0.504 e. The lowest BCUT2D eigenvalue weighted by Gasteiger charge is -2.31. The van der Waals surface area contributed by atoms with Crippen LogP contribution in [0, 0.1) is 0 Å². The van der Waals surface area contributed by atoms with Crippen molar-refractivity contribution in [3.63, 3.8) is 0 Å². The Bertz CT molecular complexity index is 471. The Morgan fingerprint density at radius 2 is 2.00 bits per heavy atom. The molecule has 110 valence electrons. The molecule has 6 nitrogen and oxygen atoms in total. The summed E-state index contributed by atoms with van der Waals surface area (Å²) in [5.41, 5.74) is 6.11. The van der Waals surface area contributed by atoms with E-state index in [9.17, 15) is 15.0 Å². The highest BCUT2D eigenvalue weighted by atomic mass is 16.3. The van der Waals surface area contributed by atoms with E-state index in [1.54, 1.807) is 12.1 Å². The largest absolute Gasteiger partial charge is 0.504 e. The first-order valence-corrected chi connectivity index (χ1v) is 6.79. The third kappa shape index (κ3) is 4.11. The summed E-state index contributed by atoms with van der Waals surface area (Å²) < 4.78 is 0. The van der Waals surface area contributed by atoms with E-state index in [1.807, 2.05) is 0 Å². The van der Waals surface area contributed by atoms with Crippen molar-refractivity contribution in [2.75, 3.05) is 19.6 Å². The van der Waals surface area contributed by atoms with E-state index in [2.05, 4.69) is 10.2 Å². The fraction of sp³-hybridized carbons (Fsp3) is 0.500. The molecule has 0 saturated carbocycles. The van der Waals surface area contributed by atoms with Crippen LogP contribution in [0.1, 0.15) is 18.4 Å². The van der Waals surface area contributed by atoms with Gasteiger partial charge in [-0.1, -0.05) is 6.07 Å². The van der Waals surface area contributed by atoms with Gasteiger partial charge in [0.25, 0.3) is 0 Å². The van der Waals surface area contributed by atoms with Gasteiger partial charge in [-0.15, -0.1) is 0 Å².